The maximum absolute atomic E-state index is 12.8. The summed E-state index contributed by atoms with van der Waals surface area (Å²) in [5.74, 6) is 0.230. The fraction of sp³-hybridized carbons (Fsp3) is 0.0952. The van der Waals surface area contributed by atoms with E-state index >= 15 is 0 Å². The zero-order chi connectivity index (χ0) is 23.5. The van der Waals surface area contributed by atoms with Crippen molar-refractivity contribution in [3.63, 3.8) is 0 Å². The molecule has 11 heteroatoms. The van der Waals surface area contributed by atoms with Gasteiger partial charge in [-0.25, -0.2) is 8.42 Å². The number of hydrogen-bond donors (Lipinski definition) is 2. The van der Waals surface area contributed by atoms with Crippen LogP contribution in [-0.4, -0.2) is 21.4 Å². The summed E-state index contributed by atoms with van der Waals surface area (Å²) in [7, 11) is -2.61. The van der Waals surface area contributed by atoms with E-state index in [0.29, 0.717) is 23.1 Å². The van der Waals surface area contributed by atoms with E-state index in [-0.39, 0.29) is 10.6 Å². The Morgan fingerprint density at radius 1 is 0.969 bits per heavy atom. The smallest absolute Gasteiger partial charge is 0.416 e. The molecule has 0 saturated heterocycles. The second-order valence-electron chi connectivity index (χ2n) is 6.51. The van der Waals surface area contributed by atoms with Crippen molar-refractivity contribution in [2.75, 3.05) is 17.1 Å². The van der Waals surface area contributed by atoms with Gasteiger partial charge in [0.05, 0.1) is 21.1 Å². The van der Waals surface area contributed by atoms with Gasteiger partial charge in [-0.05, 0) is 83.3 Å². The fourth-order valence-electron chi connectivity index (χ4n) is 2.70. The third-order valence-corrected chi connectivity index (χ3v) is 6.52. The number of anilines is 2. The lowest BCUT2D eigenvalue weighted by Crippen LogP contribution is -2.15. The van der Waals surface area contributed by atoms with E-state index in [2.05, 4.69) is 10.0 Å². The maximum Gasteiger partial charge on any atom is 0.416 e. The summed E-state index contributed by atoms with van der Waals surface area (Å²) in [5, 5.41) is 2.65. The first-order chi connectivity index (χ1) is 15.0. The van der Waals surface area contributed by atoms with Gasteiger partial charge in [0.25, 0.3) is 15.9 Å². The first kappa shape index (κ1) is 23.9. The number of carbonyl (C=O) groups excluding carboxylic acids is 1. The average molecular weight is 576 g/mol. The highest BCUT2D eigenvalue weighted by Gasteiger charge is 2.30. The lowest BCUT2D eigenvalue weighted by Gasteiger charge is -2.12. The molecule has 168 valence electrons. The topological polar surface area (TPSA) is 84.5 Å². The van der Waals surface area contributed by atoms with Gasteiger partial charge in [0.15, 0.2) is 0 Å². The minimum Gasteiger partial charge on any atom is -0.496 e. The largest absolute Gasteiger partial charge is 0.496 e. The van der Waals surface area contributed by atoms with Crippen LogP contribution in [0.15, 0.2) is 71.6 Å². The van der Waals surface area contributed by atoms with E-state index in [1.165, 1.54) is 37.4 Å². The summed E-state index contributed by atoms with van der Waals surface area (Å²) in [5.41, 5.74) is -0.452. The van der Waals surface area contributed by atoms with E-state index in [9.17, 15) is 26.4 Å². The molecule has 0 bridgehead atoms. The standard InChI is InChI=1S/C21H16F3IN2O4S/c1-31-19-10-5-13(11-18(19)25)20(28)26-15-6-8-17(9-7-15)32(29,30)27-16-4-2-3-14(12-16)21(22,23)24/h2-12,27H,1H3,(H,26,28). The van der Waals surface area contributed by atoms with Crippen LogP contribution < -0.4 is 14.8 Å². The Kier molecular flexibility index (Phi) is 6.98. The Labute approximate surface area is 196 Å². The summed E-state index contributed by atoms with van der Waals surface area (Å²) < 4.78 is 71.6. The van der Waals surface area contributed by atoms with Crippen LogP contribution in [0.1, 0.15) is 15.9 Å². The number of alkyl halides is 3. The Bertz CT molecular complexity index is 1250. The van der Waals surface area contributed by atoms with Crippen molar-refractivity contribution in [2.24, 2.45) is 0 Å². The number of sulfonamides is 1. The van der Waals surface area contributed by atoms with E-state index in [1.54, 1.807) is 18.2 Å². The molecule has 0 atom stereocenters. The van der Waals surface area contributed by atoms with Crippen LogP contribution in [0.2, 0.25) is 0 Å². The second-order valence-corrected chi connectivity index (χ2v) is 9.36. The van der Waals surface area contributed by atoms with Gasteiger partial charge in [-0.3, -0.25) is 9.52 Å². The van der Waals surface area contributed by atoms with E-state index in [1.807, 2.05) is 22.6 Å². The molecule has 2 N–H and O–H groups in total. The van der Waals surface area contributed by atoms with Gasteiger partial charge < -0.3 is 10.1 Å². The van der Waals surface area contributed by atoms with Crippen molar-refractivity contribution < 1.29 is 31.1 Å². The lowest BCUT2D eigenvalue weighted by molar-refractivity contribution is -0.137. The Hall–Kier alpha value is -2.80. The highest BCUT2D eigenvalue weighted by molar-refractivity contribution is 14.1. The minimum atomic E-state index is -4.59. The zero-order valence-corrected chi connectivity index (χ0v) is 19.4. The Morgan fingerprint density at radius 3 is 2.25 bits per heavy atom. The second kappa shape index (κ2) is 9.36. The molecular formula is C21H16F3IN2O4S. The molecule has 0 saturated carbocycles. The molecule has 0 spiro atoms. The third kappa shape index (κ3) is 5.71. The summed E-state index contributed by atoms with van der Waals surface area (Å²) in [6, 6.07) is 14.0. The van der Waals surface area contributed by atoms with Crippen LogP contribution in [0, 0.1) is 3.57 Å². The maximum atomic E-state index is 12.8. The predicted molar refractivity (Wildman–Crippen MR) is 122 cm³/mol. The zero-order valence-electron chi connectivity index (χ0n) is 16.4. The van der Waals surface area contributed by atoms with Crippen LogP contribution in [0.3, 0.4) is 0 Å². The minimum absolute atomic E-state index is 0.174. The van der Waals surface area contributed by atoms with Crippen molar-refractivity contribution in [1.82, 2.24) is 0 Å². The molecule has 0 radical (unpaired) electrons. The molecule has 3 aromatic rings. The summed E-state index contributed by atoms with van der Waals surface area (Å²) in [6.45, 7) is 0. The molecule has 6 nitrogen and oxygen atoms in total. The van der Waals surface area contributed by atoms with E-state index in [4.69, 9.17) is 4.74 Å². The first-order valence-electron chi connectivity index (χ1n) is 8.94. The number of amides is 1. The molecule has 3 aromatic carbocycles. The van der Waals surface area contributed by atoms with Crippen LogP contribution in [0.4, 0.5) is 24.5 Å². The van der Waals surface area contributed by atoms with Crippen LogP contribution in [0.25, 0.3) is 0 Å². The highest BCUT2D eigenvalue weighted by atomic mass is 127. The molecule has 0 fully saturated rings. The van der Waals surface area contributed by atoms with Gasteiger partial charge in [-0.1, -0.05) is 6.07 Å². The number of methoxy groups -OCH3 is 1. The molecular weight excluding hydrogens is 560 g/mol. The average Bonchev–Trinajstić information content (AvgIpc) is 2.73. The molecule has 0 aliphatic rings. The van der Waals surface area contributed by atoms with E-state index < -0.39 is 27.7 Å². The van der Waals surface area contributed by atoms with Crippen LogP contribution in [-0.2, 0) is 16.2 Å². The Balaban J connectivity index is 1.73. The van der Waals surface area contributed by atoms with Gasteiger partial charge in [-0.15, -0.1) is 0 Å². The fourth-order valence-corrected chi connectivity index (χ4v) is 4.49. The van der Waals surface area contributed by atoms with Crippen molar-refractivity contribution in [2.45, 2.75) is 11.1 Å². The number of rotatable bonds is 6. The molecule has 1 amide bonds. The van der Waals surface area contributed by atoms with Crippen molar-refractivity contribution in [3.8, 4) is 5.75 Å². The van der Waals surface area contributed by atoms with Gasteiger partial charge in [-0.2, -0.15) is 13.2 Å². The summed E-state index contributed by atoms with van der Waals surface area (Å²) in [6.07, 6.45) is -4.59. The van der Waals surface area contributed by atoms with Gasteiger partial charge >= 0.3 is 6.18 Å². The summed E-state index contributed by atoms with van der Waals surface area (Å²) >= 11 is 2.04. The first-order valence-corrected chi connectivity index (χ1v) is 11.5. The molecule has 32 heavy (non-hydrogen) atoms. The van der Waals surface area contributed by atoms with Crippen molar-refractivity contribution >= 4 is 49.9 Å². The quantitative estimate of drug-likeness (QED) is 0.387. The van der Waals surface area contributed by atoms with Gasteiger partial charge in [0.2, 0.25) is 0 Å². The normalized spacial score (nSPS) is 11.7. The molecule has 0 aliphatic carbocycles. The van der Waals surface area contributed by atoms with E-state index in [0.717, 1.165) is 15.7 Å². The SMILES string of the molecule is COc1ccc(C(=O)Nc2ccc(S(=O)(=O)Nc3cccc(C(F)(F)F)c3)cc2)cc1I. The molecule has 3 rings (SSSR count). The third-order valence-electron chi connectivity index (χ3n) is 4.28. The number of ether oxygens (including phenoxy) is 1. The monoisotopic (exact) mass is 576 g/mol. The number of benzene rings is 3. The molecule has 0 aliphatic heterocycles. The molecule has 0 unspecified atom stereocenters. The van der Waals surface area contributed by atoms with Gasteiger partial charge in [0.1, 0.15) is 5.75 Å². The Morgan fingerprint density at radius 2 is 1.66 bits per heavy atom. The predicted octanol–water partition coefficient (Wildman–Crippen LogP) is 5.37. The number of hydrogen-bond acceptors (Lipinski definition) is 4. The summed E-state index contributed by atoms with van der Waals surface area (Å²) in [4.78, 5) is 12.2. The molecule has 0 aromatic heterocycles. The highest BCUT2D eigenvalue weighted by Crippen LogP contribution is 2.31. The van der Waals surface area contributed by atoms with Crippen LogP contribution in [0.5, 0.6) is 5.75 Å². The number of nitrogens with one attached hydrogen (secondary N) is 2. The van der Waals surface area contributed by atoms with Crippen molar-refractivity contribution in [3.05, 3.63) is 81.4 Å². The lowest BCUT2D eigenvalue weighted by atomic mass is 10.2. The number of carbonyl (C=O) groups is 1. The van der Waals surface area contributed by atoms with Crippen molar-refractivity contribution in [1.29, 1.82) is 0 Å². The number of halogens is 4. The van der Waals surface area contributed by atoms with Gasteiger partial charge in [0, 0.05) is 16.9 Å². The van der Waals surface area contributed by atoms with Crippen LogP contribution >= 0.6 is 22.6 Å². The molecule has 0 heterocycles.